The molecule has 1 saturated heterocycles. The van der Waals surface area contributed by atoms with E-state index in [-0.39, 0.29) is 24.2 Å². The Labute approximate surface area is 143 Å². The van der Waals surface area contributed by atoms with Crippen LogP contribution in [-0.2, 0) is 15.6 Å². The van der Waals surface area contributed by atoms with Crippen molar-refractivity contribution in [3.63, 3.8) is 0 Å². The summed E-state index contributed by atoms with van der Waals surface area (Å²) in [6.45, 7) is 2.39. The Hall–Kier alpha value is -0.700. The number of nitrogens with two attached hydrogens (primary N) is 1. The predicted molar refractivity (Wildman–Crippen MR) is 88.6 cm³/mol. The molecule has 9 heteroatoms. The maximum atomic E-state index is 12.4. The van der Waals surface area contributed by atoms with Crippen LogP contribution in [0.3, 0.4) is 0 Å². The van der Waals surface area contributed by atoms with Gasteiger partial charge in [0.25, 0.3) is 0 Å². The Morgan fingerprint density at radius 2 is 2.04 bits per heavy atom. The highest BCUT2D eigenvalue weighted by Gasteiger charge is 2.41. The molecule has 7 nitrogen and oxygen atoms in total. The number of aromatic nitrogens is 2. The zero-order chi connectivity index (χ0) is 15.8. The molecule has 1 atom stereocenters. The maximum absolute atomic E-state index is 12.4. The van der Waals surface area contributed by atoms with Gasteiger partial charge in [0.2, 0.25) is 15.9 Å². The molecule has 3 rings (SSSR count). The van der Waals surface area contributed by atoms with E-state index in [0.29, 0.717) is 24.7 Å². The summed E-state index contributed by atoms with van der Waals surface area (Å²) in [5, 5.41) is 4.04. The third-order valence-corrected chi connectivity index (χ3v) is 6.77. The van der Waals surface area contributed by atoms with Gasteiger partial charge in [0, 0.05) is 6.54 Å². The molecule has 1 aromatic rings. The Balaban J connectivity index is 0.00000192. The van der Waals surface area contributed by atoms with Gasteiger partial charge in [-0.2, -0.15) is 9.29 Å². The first kappa shape index (κ1) is 18.6. The summed E-state index contributed by atoms with van der Waals surface area (Å²) in [6.07, 6.45) is 6.00. The van der Waals surface area contributed by atoms with Crippen molar-refractivity contribution in [1.82, 2.24) is 14.4 Å². The van der Waals surface area contributed by atoms with Crippen molar-refractivity contribution < 1.29 is 12.9 Å². The molecule has 132 valence electrons. The fraction of sp³-hybridized carbons (Fsp3) is 0.857. The summed E-state index contributed by atoms with van der Waals surface area (Å²) >= 11 is 0. The van der Waals surface area contributed by atoms with Crippen LogP contribution in [0.25, 0.3) is 0 Å². The molecule has 1 aliphatic carbocycles. The highest BCUT2D eigenvalue weighted by Crippen LogP contribution is 2.37. The first-order chi connectivity index (χ1) is 10.5. The van der Waals surface area contributed by atoms with E-state index in [0.717, 1.165) is 38.5 Å². The van der Waals surface area contributed by atoms with Crippen LogP contribution in [0.15, 0.2) is 4.52 Å². The molecule has 0 spiro atoms. The van der Waals surface area contributed by atoms with Crippen molar-refractivity contribution in [2.45, 2.75) is 63.5 Å². The first-order valence-corrected chi connectivity index (χ1v) is 9.70. The second-order valence-electron chi connectivity index (χ2n) is 6.40. The fourth-order valence-electron chi connectivity index (χ4n) is 3.50. The molecule has 0 bridgehead atoms. The smallest absolute Gasteiger partial charge is 0.245 e. The lowest BCUT2D eigenvalue weighted by molar-refractivity contribution is 0.285. The molecule has 2 heterocycles. The Morgan fingerprint density at radius 3 is 2.70 bits per heavy atom. The van der Waals surface area contributed by atoms with Crippen LogP contribution in [0.1, 0.15) is 69.6 Å². The zero-order valence-electron chi connectivity index (χ0n) is 13.4. The maximum Gasteiger partial charge on any atom is 0.245 e. The molecule has 2 N–H and O–H groups in total. The quantitative estimate of drug-likeness (QED) is 0.858. The first-order valence-electron chi connectivity index (χ1n) is 8.09. The van der Waals surface area contributed by atoms with E-state index in [4.69, 9.17) is 10.3 Å². The SMILES string of the molecule is CCCS(=O)(=O)N1CCCC1c1nc(C2(N)CCCC2)no1.Cl. The molecule has 0 aromatic carbocycles. The van der Waals surface area contributed by atoms with Gasteiger partial charge in [0.05, 0.1) is 11.3 Å². The average Bonchev–Trinajstić information content (AvgIpc) is 3.18. The lowest BCUT2D eigenvalue weighted by atomic mass is 9.99. The molecule has 2 fully saturated rings. The van der Waals surface area contributed by atoms with Crippen LogP contribution in [0.5, 0.6) is 0 Å². The number of hydrogen-bond donors (Lipinski definition) is 1. The molecule has 0 radical (unpaired) electrons. The molecular formula is C14H25ClN4O3S. The van der Waals surface area contributed by atoms with Gasteiger partial charge in [-0.3, -0.25) is 0 Å². The Morgan fingerprint density at radius 1 is 1.35 bits per heavy atom. The zero-order valence-corrected chi connectivity index (χ0v) is 15.0. The standard InChI is InChI=1S/C14H24N4O3S.ClH/c1-2-10-22(19,20)18-9-5-6-11(18)12-16-13(17-21-12)14(15)7-3-4-8-14;/h11H,2-10,15H2,1H3;1H. The number of nitrogens with zero attached hydrogens (tertiary/aromatic N) is 3. The van der Waals surface area contributed by atoms with Gasteiger partial charge in [-0.1, -0.05) is 24.9 Å². The summed E-state index contributed by atoms with van der Waals surface area (Å²) in [5.41, 5.74) is 5.84. The predicted octanol–water partition coefficient (Wildman–Crippen LogP) is 2.10. The van der Waals surface area contributed by atoms with Crippen molar-refractivity contribution in [2.75, 3.05) is 12.3 Å². The van der Waals surface area contributed by atoms with Gasteiger partial charge in [0.15, 0.2) is 5.82 Å². The Kier molecular flexibility index (Phi) is 5.71. The minimum absolute atomic E-state index is 0. The average molecular weight is 365 g/mol. The number of rotatable bonds is 5. The van der Waals surface area contributed by atoms with Crippen LogP contribution in [-0.4, -0.2) is 35.2 Å². The van der Waals surface area contributed by atoms with E-state index in [2.05, 4.69) is 10.1 Å². The van der Waals surface area contributed by atoms with Crippen LogP contribution in [0.2, 0.25) is 0 Å². The van der Waals surface area contributed by atoms with Crippen molar-refractivity contribution in [3.05, 3.63) is 11.7 Å². The van der Waals surface area contributed by atoms with Crippen molar-refractivity contribution in [1.29, 1.82) is 0 Å². The summed E-state index contributed by atoms with van der Waals surface area (Å²) in [7, 11) is -3.26. The van der Waals surface area contributed by atoms with E-state index in [1.165, 1.54) is 4.31 Å². The molecule has 1 saturated carbocycles. The lowest BCUT2D eigenvalue weighted by Crippen LogP contribution is -2.35. The lowest BCUT2D eigenvalue weighted by Gasteiger charge is -2.21. The molecule has 1 unspecified atom stereocenters. The third-order valence-electron chi connectivity index (χ3n) is 4.69. The van der Waals surface area contributed by atoms with Crippen LogP contribution in [0.4, 0.5) is 0 Å². The van der Waals surface area contributed by atoms with Gasteiger partial charge < -0.3 is 10.3 Å². The highest BCUT2D eigenvalue weighted by molar-refractivity contribution is 7.89. The summed E-state index contributed by atoms with van der Waals surface area (Å²) < 4.78 is 31.6. The largest absolute Gasteiger partial charge is 0.337 e. The molecule has 2 aliphatic rings. The third kappa shape index (κ3) is 3.55. The summed E-state index contributed by atoms with van der Waals surface area (Å²) in [6, 6.07) is -0.331. The van der Waals surface area contributed by atoms with Gasteiger partial charge in [-0.05, 0) is 32.1 Å². The van der Waals surface area contributed by atoms with E-state index in [1.54, 1.807) is 0 Å². The number of hydrogen-bond acceptors (Lipinski definition) is 6. The molecule has 23 heavy (non-hydrogen) atoms. The normalized spacial score (nSPS) is 24.7. The van der Waals surface area contributed by atoms with Gasteiger partial charge >= 0.3 is 0 Å². The fourth-order valence-corrected chi connectivity index (χ4v) is 5.24. The van der Waals surface area contributed by atoms with E-state index < -0.39 is 15.6 Å². The molecule has 0 amide bonds. The minimum Gasteiger partial charge on any atom is -0.337 e. The second-order valence-corrected chi connectivity index (χ2v) is 8.45. The Bertz CT molecular complexity index is 628. The van der Waals surface area contributed by atoms with E-state index in [9.17, 15) is 8.42 Å². The molecule has 1 aromatic heterocycles. The van der Waals surface area contributed by atoms with Crippen LogP contribution >= 0.6 is 12.4 Å². The number of halogens is 1. The second kappa shape index (κ2) is 7.04. The van der Waals surface area contributed by atoms with E-state index >= 15 is 0 Å². The minimum atomic E-state index is -3.26. The van der Waals surface area contributed by atoms with E-state index in [1.807, 2.05) is 6.92 Å². The highest BCUT2D eigenvalue weighted by atomic mass is 35.5. The van der Waals surface area contributed by atoms with Crippen LogP contribution < -0.4 is 5.73 Å². The monoisotopic (exact) mass is 364 g/mol. The van der Waals surface area contributed by atoms with Crippen molar-refractivity contribution >= 4 is 22.4 Å². The van der Waals surface area contributed by atoms with Gasteiger partial charge in [0.1, 0.15) is 6.04 Å². The van der Waals surface area contributed by atoms with Gasteiger partial charge in [-0.15, -0.1) is 12.4 Å². The van der Waals surface area contributed by atoms with Gasteiger partial charge in [-0.25, -0.2) is 8.42 Å². The van der Waals surface area contributed by atoms with Crippen LogP contribution in [0, 0.1) is 0 Å². The van der Waals surface area contributed by atoms with Crippen molar-refractivity contribution in [2.24, 2.45) is 5.73 Å². The molecule has 1 aliphatic heterocycles. The summed E-state index contributed by atoms with van der Waals surface area (Å²) in [4.78, 5) is 4.46. The molecular weight excluding hydrogens is 340 g/mol. The number of sulfonamides is 1. The van der Waals surface area contributed by atoms with Crippen molar-refractivity contribution in [3.8, 4) is 0 Å². The summed E-state index contributed by atoms with van der Waals surface area (Å²) in [5.74, 6) is 1.08. The topological polar surface area (TPSA) is 102 Å².